The third kappa shape index (κ3) is 3.34. The third-order valence-electron chi connectivity index (χ3n) is 2.25. The van der Waals surface area contributed by atoms with E-state index in [1.54, 1.807) is 11.0 Å². The van der Waals surface area contributed by atoms with Crippen molar-refractivity contribution >= 4 is 5.91 Å². The van der Waals surface area contributed by atoms with Crippen LogP contribution in [0.25, 0.3) is 0 Å². The van der Waals surface area contributed by atoms with E-state index >= 15 is 0 Å². The van der Waals surface area contributed by atoms with Gasteiger partial charge in [-0.2, -0.15) is 0 Å². The van der Waals surface area contributed by atoms with Crippen molar-refractivity contribution in [3.05, 3.63) is 24.3 Å². The Kier molecular flexibility index (Phi) is 4.40. The molecule has 1 fully saturated rings. The van der Waals surface area contributed by atoms with Crippen molar-refractivity contribution in [3.8, 4) is 0 Å². The molecule has 1 amide bonds. The number of β-amino-alcohol motifs (C(OH)–C–C–N with tert-alkyl or cyclic N) is 1. The Hall–Kier alpha value is -1.09. The van der Waals surface area contributed by atoms with E-state index in [0.29, 0.717) is 6.54 Å². The highest BCUT2D eigenvalue weighted by Gasteiger charge is 2.19. The first kappa shape index (κ1) is 11.0. The summed E-state index contributed by atoms with van der Waals surface area (Å²) in [6.45, 7) is 3.13. The highest BCUT2D eigenvalue weighted by molar-refractivity contribution is 5.87. The minimum atomic E-state index is -0.345. The lowest BCUT2D eigenvalue weighted by molar-refractivity contribution is -0.128. The molecule has 0 aliphatic carbocycles. The average Bonchev–Trinajstić information content (AvgIpc) is 2.18. The lowest BCUT2D eigenvalue weighted by atomic mass is 10.1. The van der Waals surface area contributed by atoms with Gasteiger partial charge in [-0.25, -0.2) is 0 Å². The quantitative estimate of drug-likeness (QED) is 0.529. The van der Waals surface area contributed by atoms with Crippen LogP contribution in [0.2, 0.25) is 0 Å². The summed E-state index contributed by atoms with van der Waals surface area (Å²) in [5.74, 6) is -0.0122. The number of hydrogen-bond acceptors (Lipinski definition) is 2. The molecule has 0 aromatic heterocycles. The average molecular weight is 195 g/mol. The first-order chi connectivity index (χ1) is 6.74. The monoisotopic (exact) mass is 195 g/mol. The fourth-order valence-electron chi connectivity index (χ4n) is 1.51. The fraction of sp³-hybridized carbons (Fsp3) is 0.545. The van der Waals surface area contributed by atoms with Gasteiger partial charge >= 0.3 is 0 Å². The minimum absolute atomic E-state index is 0.0122. The molecular formula is C11H17NO2. The van der Waals surface area contributed by atoms with E-state index in [9.17, 15) is 9.90 Å². The second-order valence-corrected chi connectivity index (χ2v) is 3.47. The number of aliphatic hydroxyl groups is 1. The summed E-state index contributed by atoms with van der Waals surface area (Å²) in [5, 5.41) is 9.37. The molecule has 3 heteroatoms. The predicted octanol–water partition coefficient (Wildman–Crippen LogP) is 1.10. The van der Waals surface area contributed by atoms with Gasteiger partial charge in [0.2, 0.25) is 5.91 Å². The van der Waals surface area contributed by atoms with E-state index in [4.69, 9.17) is 0 Å². The van der Waals surface area contributed by atoms with Crippen molar-refractivity contribution in [3.63, 3.8) is 0 Å². The van der Waals surface area contributed by atoms with Gasteiger partial charge in [0.05, 0.1) is 6.10 Å². The molecule has 1 aliphatic rings. The molecule has 0 spiro atoms. The summed E-state index contributed by atoms with van der Waals surface area (Å²) >= 11 is 0. The minimum Gasteiger partial charge on any atom is -0.391 e. The largest absolute Gasteiger partial charge is 0.391 e. The van der Waals surface area contributed by atoms with Crippen molar-refractivity contribution in [1.29, 1.82) is 0 Å². The maximum atomic E-state index is 11.5. The maximum Gasteiger partial charge on any atom is 0.246 e. The summed E-state index contributed by atoms with van der Waals surface area (Å²) in [7, 11) is 0. The van der Waals surface area contributed by atoms with E-state index < -0.39 is 0 Å². The lowest BCUT2D eigenvalue weighted by Crippen LogP contribution is -2.41. The van der Waals surface area contributed by atoms with Gasteiger partial charge in [-0.3, -0.25) is 4.79 Å². The van der Waals surface area contributed by atoms with E-state index in [0.717, 1.165) is 19.4 Å². The van der Waals surface area contributed by atoms with Gasteiger partial charge in [0, 0.05) is 19.2 Å². The van der Waals surface area contributed by atoms with Crippen LogP contribution in [0.5, 0.6) is 0 Å². The second-order valence-electron chi connectivity index (χ2n) is 3.47. The van der Waals surface area contributed by atoms with Gasteiger partial charge in [-0.05, 0) is 19.8 Å². The fourth-order valence-corrected chi connectivity index (χ4v) is 1.51. The number of allylic oxidation sites excluding steroid dienone is 3. The Morgan fingerprint density at radius 1 is 1.50 bits per heavy atom. The van der Waals surface area contributed by atoms with Crippen LogP contribution in [0.4, 0.5) is 0 Å². The molecule has 1 atom stereocenters. The molecule has 0 aromatic rings. The van der Waals surface area contributed by atoms with Gasteiger partial charge in [0.25, 0.3) is 0 Å². The zero-order valence-corrected chi connectivity index (χ0v) is 8.52. The van der Waals surface area contributed by atoms with Gasteiger partial charge in [0.1, 0.15) is 0 Å². The number of carbonyl (C=O) groups excluding carboxylic acids is 1. The number of hydrogen-bond donors (Lipinski definition) is 1. The predicted molar refractivity (Wildman–Crippen MR) is 55.8 cm³/mol. The van der Waals surface area contributed by atoms with E-state index in [2.05, 4.69) is 0 Å². The van der Waals surface area contributed by atoms with Gasteiger partial charge < -0.3 is 10.0 Å². The number of amides is 1. The Balaban J connectivity index is 2.43. The highest BCUT2D eigenvalue weighted by Crippen LogP contribution is 2.09. The Morgan fingerprint density at radius 2 is 2.29 bits per heavy atom. The molecule has 3 nitrogen and oxygen atoms in total. The van der Waals surface area contributed by atoms with Crippen LogP contribution in [0.1, 0.15) is 19.8 Å². The molecule has 1 rings (SSSR count). The zero-order valence-electron chi connectivity index (χ0n) is 8.52. The van der Waals surface area contributed by atoms with E-state index in [1.165, 1.54) is 6.08 Å². The number of likely N-dealkylation sites (tertiary alicyclic amines) is 1. The van der Waals surface area contributed by atoms with Crippen LogP contribution < -0.4 is 0 Å². The van der Waals surface area contributed by atoms with E-state index in [1.807, 2.05) is 19.1 Å². The lowest BCUT2D eigenvalue weighted by Gasteiger charge is -2.29. The first-order valence-electron chi connectivity index (χ1n) is 5.00. The van der Waals surface area contributed by atoms with Crippen molar-refractivity contribution in [1.82, 2.24) is 4.90 Å². The molecule has 1 unspecified atom stereocenters. The number of carbonyl (C=O) groups is 1. The summed E-state index contributed by atoms with van der Waals surface area (Å²) in [6.07, 6.45) is 8.31. The third-order valence-corrected chi connectivity index (χ3v) is 2.25. The van der Waals surface area contributed by atoms with Crippen LogP contribution >= 0.6 is 0 Å². The number of rotatable bonds is 2. The van der Waals surface area contributed by atoms with E-state index in [-0.39, 0.29) is 12.0 Å². The Labute approximate surface area is 84.7 Å². The standard InChI is InChI=1S/C11H17NO2/c1-2-3-4-7-11(14)12-8-5-6-10(13)9-12/h2-4,7,10,13H,5-6,8-9H2,1H3/b3-2+,7-4+. The first-order valence-corrected chi connectivity index (χ1v) is 5.00. The van der Waals surface area contributed by atoms with Crippen molar-refractivity contribution < 1.29 is 9.90 Å². The second kappa shape index (κ2) is 5.60. The molecule has 0 bridgehead atoms. The molecule has 0 saturated carbocycles. The van der Waals surface area contributed by atoms with Crippen molar-refractivity contribution in [2.45, 2.75) is 25.9 Å². The molecule has 1 heterocycles. The van der Waals surface area contributed by atoms with Gasteiger partial charge in [-0.15, -0.1) is 0 Å². The molecular weight excluding hydrogens is 178 g/mol. The molecule has 1 N–H and O–H groups in total. The molecule has 0 aromatic carbocycles. The number of aliphatic hydroxyl groups excluding tert-OH is 1. The Morgan fingerprint density at radius 3 is 2.93 bits per heavy atom. The van der Waals surface area contributed by atoms with Gasteiger partial charge in [-0.1, -0.05) is 18.2 Å². The van der Waals surface area contributed by atoms with Crippen LogP contribution in [0.3, 0.4) is 0 Å². The maximum absolute atomic E-state index is 11.5. The van der Waals surface area contributed by atoms with Crippen LogP contribution in [0.15, 0.2) is 24.3 Å². The highest BCUT2D eigenvalue weighted by atomic mass is 16.3. The summed E-state index contributed by atoms with van der Waals surface area (Å²) in [4.78, 5) is 13.2. The van der Waals surface area contributed by atoms with Crippen molar-refractivity contribution in [2.24, 2.45) is 0 Å². The number of nitrogens with zero attached hydrogens (tertiary/aromatic N) is 1. The van der Waals surface area contributed by atoms with Crippen molar-refractivity contribution in [2.75, 3.05) is 13.1 Å². The molecule has 14 heavy (non-hydrogen) atoms. The zero-order chi connectivity index (χ0) is 10.4. The molecule has 78 valence electrons. The summed E-state index contributed by atoms with van der Waals surface area (Å²) in [6, 6.07) is 0. The van der Waals surface area contributed by atoms with Crippen LogP contribution in [-0.2, 0) is 4.79 Å². The Bertz CT molecular complexity index is 246. The van der Waals surface area contributed by atoms with Gasteiger partial charge in [0.15, 0.2) is 0 Å². The van der Waals surface area contributed by atoms with Crippen LogP contribution in [0, 0.1) is 0 Å². The topological polar surface area (TPSA) is 40.5 Å². The molecule has 1 saturated heterocycles. The number of piperidine rings is 1. The molecule has 1 aliphatic heterocycles. The smallest absolute Gasteiger partial charge is 0.246 e. The SMILES string of the molecule is C/C=C/C=C/C(=O)N1CCCC(O)C1. The molecule has 0 radical (unpaired) electrons. The van der Waals surface area contributed by atoms with Crippen LogP contribution in [-0.4, -0.2) is 35.1 Å². The summed E-state index contributed by atoms with van der Waals surface area (Å²) in [5.41, 5.74) is 0. The normalized spacial score (nSPS) is 23.6. The summed E-state index contributed by atoms with van der Waals surface area (Å²) < 4.78 is 0.